The van der Waals surface area contributed by atoms with E-state index in [1.165, 1.54) is 96.3 Å². The quantitative estimate of drug-likeness (QED) is 0.192. The van der Waals surface area contributed by atoms with Gasteiger partial charge in [-0.3, -0.25) is 4.79 Å². The average molecular weight is 352 g/mol. The van der Waals surface area contributed by atoms with Gasteiger partial charge in [-0.25, -0.2) is 0 Å². The number of primary amides is 1. The van der Waals surface area contributed by atoms with E-state index in [0.717, 1.165) is 12.8 Å². The first-order valence-electron chi connectivity index (χ1n) is 11.1. The number of hydrogen-bond acceptors (Lipinski definition) is 1. The van der Waals surface area contributed by atoms with Crippen LogP contribution in [-0.2, 0) is 4.79 Å². The van der Waals surface area contributed by atoms with Gasteiger partial charge in [0, 0.05) is 5.92 Å². The minimum Gasteiger partial charge on any atom is -0.369 e. The first-order valence-corrected chi connectivity index (χ1v) is 11.1. The van der Waals surface area contributed by atoms with Gasteiger partial charge in [-0.15, -0.1) is 0 Å². The second-order valence-corrected chi connectivity index (χ2v) is 7.74. The third-order valence-corrected chi connectivity index (χ3v) is 5.13. The van der Waals surface area contributed by atoms with Crippen LogP contribution in [0.3, 0.4) is 0 Å². The lowest BCUT2D eigenvalue weighted by atomic mass is 10.0. The summed E-state index contributed by atoms with van der Waals surface area (Å²) in [6, 6.07) is 0. The third-order valence-electron chi connectivity index (χ3n) is 5.13. The van der Waals surface area contributed by atoms with Crippen molar-refractivity contribution in [3.63, 3.8) is 0 Å². The Hall–Kier alpha value is -0.790. The van der Waals surface area contributed by atoms with Crippen molar-refractivity contribution in [1.82, 2.24) is 0 Å². The Morgan fingerprint density at radius 1 is 0.720 bits per heavy atom. The van der Waals surface area contributed by atoms with Crippen LogP contribution in [0.2, 0.25) is 0 Å². The van der Waals surface area contributed by atoms with Crippen LogP contribution < -0.4 is 5.73 Å². The lowest BCUT2D eigenvalue weighted by Crippen LogP contribution is -2.20. The highest BCUT2D eigenvalue weighted by Gasteiger charge is 2.06. The molecule has 0 aromatic rings. The zero-order valence-corrected chi connectivity index (χ0v) is 17.2. The summed E-state index contributed by atoms with van der Waals surface area (Å²) in [6.07, 6.45) is 27.2. The Bertz CT molecular complexity index is 311. The molecule has 0 heterocycles. The molecule has 0 aliphatic rings. The molecule has 1 amide bonds. The summed E-state index contributed by atoms with van der Waals surface area (Å²) in [7, 11) is 0. The van der Waals surface area contributed by atoms with Gasteiger partial charge >= 0.3 is 0 Å². The minimum absolute atomic E-state index is 0.0501. The second-order valence-electron chi connectivity index (χ2n) is 7.74. The number of allylic oxidation sites excluding steroid dienone is 2. The van der Waals surface area contributed by atoms with E-state index in [-0.39, 0.29) is 11.8 Å². The van der Waals surface area contributed by atoms with Crippen molar-refractivity contribution in [3.8, 4) is 0 Å². The second kappa shape index (κ2) is 19.5. The number of rotatable bonds is 19. The van der Waals surface area contributed by atoms with Crippen molar-refractivity contribution in [2.24, 2.45) is 11.7 Å². The molecule has 25 heavy (non-hydrogen) atoms. The molecule has 0 aromatic heterocycles. The fraction of sp³-hybridized carbons (Fsp3) is 0.870. The van der Waals surface area contributed by atoms with Gasteiger partial charge in [-0.2, -0.15) is 0 Å². The van der Waals surface area contributed by atoms with Crippen molar-refractivity contribution < 1.29 is 4.79 Å². The standard InChI is InChI=1S/C23H45NO/c1-3-4-5-6-7-8-9-10-11-12-13-14-15-16-17-18-19-20-21-22(2)23(24)25/h10-11,22H,3-9,12-21H2,1-2H3,(H2,24,25). The molecule has 0 fully saturated rings. The summed E-state index contributed by atoms with van der Waals surface area (Å²) < 4.78 is 0. The van der Waals surface area contributed by atoms with Gasteiger partial charge < -0.3 is 5.73 Å². The molecular formula is C23H45NO. The minimum atomic E-state index is -0.152. The Kier molecular flexibility index (Phi) is 18.9. The third kappa shape index (κ3) is 19.4. The fourth-order valence-electron chi connectivity index (χ4n) is 3.19. The van der Waals surface area contributed by atoms with Crippen LogP contribution in [0, 0.1) is 5.92 Å². The van der Waals surface area contributed by atoms with Crippen LogP contribution in [0.1, 0.15) is 123 Å². The summed E-state index contributed by atoms with van der Waals surface area (Å²) in [5.41, 5.74) is 5.27. The molecule has 0 aromatic carbocycles. The predicted molar refractivity (Wildman–Crippen MR) is 112 cm³/mol. The maximum Gasteiger partial charge on any atom is 0.220 e. The largest absolute Gasteiger partial charge is 0.369 e. The van der Waals surface area contributed by atoms with Crippen LogP contribution in [0.25, 0.3) is 0 Å². The predicted octanol–water partition coefficient (Wildman–Crippen LogP) is 7.32. The van der Waals surface area contributed by atoms with Crippen molar-refractivity contribution in [2.75, 3.05) is 0 Å². The number of unbranched alkanes of at least 4 members (excludes halogenated alkanes) is 14. The van der Waals surface area contributed by atoms with E-state index in [1.54, 1.807) is 0 Å². The molecule has 0 radical (unpaired) electrons. The molecule has 0 aliphatic carbocycles. The molecular weight excluding hydrogens is 306 g/mol. The van der Waals surface area contributed by atoms with E-state index in [0.29, 0.717) is 0 Å². The highest BCUT2D eigenvalue weighted by atomic mass is 16.1. The number of carbonyl (C=O) groups is 1. The van der Waals surface area contributed by atoms with Gasteiger partial charge in [0.25, 0.3) is 0 Å². The lowest BCUT2D eigenvalue weighted by Gasteiger charge is -2.06. The maximum atomic E-state index is 10.9. The highest BCUT2D eigenvalue weighted by Crippen LogP contribution is 2.13. The van der Waals surface area contributed by atoms with Crippen LogP contribution in [0.5, 0.6) is 0 Å². The summed E-state index contributed by atoms with van der Waals surface area (Å²) in [5.74, 6) is -0.102. The number of amides is 1. The molecule has 0 saturated heterocycles. The Labute approximate surface area is 158 Å². The summed E-state index contributed by atoms with van der Waals surface area (Å²) >= 11 is 0. The van der Waals surface area contributed by atoms with Gasteiger partial charge in [0.2, 0.25) is 5.91 Å². The number of carbonyl (C=O) groups excluding carboxylic acids is 1. The van der Waals surface area contributed by atoms with Crippen LogP contribution in [0.15, 0.2) is 12.2 Å². The van der Waals surface area contributed by atoms with E-state index in [4.69, 9.17) is 5.73 Å². The number of hydrogen-bond donors (Lipinski definition) is 1. The van der Waals surface area contributed by atoms with Crippen molar-refractivity contribution in [1.29, 1.82) is 0 Å². The molecule has 1 atom stereocenters. The zero-order chi connectivity index (χ0) is 18.6. The smallest absolute Gasteiger partial charge is 0.220 e. The van der Waals surface area contributed by atoms with Crippen molar-refractivity contribution >= 4 is 5.91 Å². The fourth-order valence-corrected chi connectivity index (χ4v) is 3.19. The molecule has 0 rings (SSSR count). The van der Waals surface area contributed by atoms with Crippen LogP contribution >= 0.6 is 0 Å². The van der Waals surface area contributed by atoms with Crippen LogP contribution in [-0.4, -0.2) is 5.91 Å². The van der Waals surface area contributed by atoms with Gasteiger partial charge in [0.05, 0.1) is 0 Å². The molecule has 148 valence electrons. The van der Waals surface area contributed by atoms with E-state index in [2.05, 4.69) is 19.1 Å². The van der Waals surface area contributed by atoms with E-state index in [9.17, 15) is 4.79 Å². The Morgan fingerprint density at radius 3 is 1.56 bits per heavy atom. The van der Waals surface area contributed by atoms with E-state index in [1.807, 2.05) is 6.92 Å². The monoisotopic (exact) mass is 351 g/mol. The molecule has 0 aliphatic heterocycles. The van der Waals surface area contributed by atoms with Gasteiger partial charge in [-0.05, 0) is 32.1 Å². The number of nitrogens with two attached hydrogens (primary N) is 1. The average Bonchev–Trinajstić information content (AvgIpc) is 2.60. The lowest BCUT2D eigenvalue weighted by molar-refractivity contribution is -0.121. The molecule has 1 unspecified atom stereocenters. The molecule has 0 spiro atoms. The Morgan fingerprint density at radius 2 is 1.12 bits per heavy atom. The first-order chi connectivity index (χ1) is 12.2. The molecule has 2 nitrogen and oxygen atoms in total. The maximum absolute atomic E-state index is 10.9. The summed E-state index contributed by atoms with van der Waals surface area (Å²) in [4.78, 5) is 10.9. The van der Waals surface area contributed by atoms with Gasteiger partial charge in [0.15, 0.2) is 0 Å². The van der Waals surface area contributed by atoms with Crippen molar-refractivity contribution in [2.45, 2.75) is 123 Å². The van der Waals surface area contributed by atoms with Crippen LogP contribution in [0.4, 0.5) is 0 Å². The molecule has 2 heteroatoms. The van der Waals surface area contributed by atoms with Gasteiger partial charge in [-0.1, -0.05) is 103 Å². The SMILES string of the molecule is CCCCCCCCC=CCCCCCCCCCCC(C)C(N)=O. The van der Waals surface area contributed by atoms with E-state index < -0.39 is 0 Å². The Balaban J connectivity index is 3.13. The summed E-state index contributed by atoms with van der Waals surface area (Å²) in [6.45, 7) is 4.21. The highest BCUT2D eigenvalue weighted by molar-refractivity contribution is 5.76. The first kappa shape index (κ1) is 24.2. The van der Waals surface area contributed by atoms with E-state index >= 15 is 0 Å². The van der Waals surface area contributed by atoms with Crippen molar-refractivity contribution in [3.05, 3.63) is 12.2 Å². The normalized spacial score (nSPS) is 12.7. The molecule has 2 N–H and O–H groups in total. The molecule has 0 bridgehead atoms. The van der Waals surface area contributed by atoms with Gasteiger partial charge in [0.1, 0.15) is 0 Å². The molecule has 0 saturated carbocycles. The summed E-state index contributed by atoms with van der Waals surface area (Å²) in [5, 5.41) is 0. The topological polar surface area (TPSA) is 43.1 Å². The zero-order valence-electron chi connectivity index (χ0n) is 17.2.